The third-order valence-electron chi connectivity index (χ3n) is 3.25. The first-order valence-electron chi connectivity index (χ1n) is 5.96. The molecule has 2 rings (SSSR count). The molecule has 6 heteroatoms. The van der Waals surface area contributed by atoms with Gasteiger partial charge in [-0.1, -0.05) is 6.07 Å². The summed E-state index contributed by atoms with van der Waals surface area (Å²) >= 11 is 0. The molecule has 6 nitrogen and oxygen atoms in total. The van der Waals surface area contributed by atoms with Gasteiger partial charge < -0.3 is 19.8 Å². The van der Waals surface area contributed by atoms with Gasteiger partial charge in [-0.15, -0.1) is 0 Å². The van der Waals surface area contributed by atoms with Crippen molar-refractivity contribution < 1.29 is 24.5 Å². The van der Waals surface area contributed by atoms with Crippen LogP contribution in [0.4, 0.5) is 0 Å². The summed E-state index contributed by atoms with van der Waals surface area (Å²) in [6, 6.07) is 3.75. The molecule has 1 aliphatic heterocycles. The fourth-order valence-electron chi connectivity index (χ4n) is 2.28. The smallest absolute Gasteiger partial charge is 0.326 e. The summed E-state index contributed by atoms with van der Waals surface area (Å²) < 4.78 is 4.94. The Balaban J connectivity index is 2.32. The molecule has 1 atom stereocenters. The fourth-order valence-corrected chi connectivity index (χ4v) is 2.28. The average molecular weight is 265 g/mol. The number of aromatic hydroxyl groups is 1. The Labute approximate surface area is 110 Å². The SMILES string of the molecule is COc1cccc(C(=O)N2CCC[C@@H]2C(=O)O)c1O. The molecule has 1 saturated heterocycles. The minimum absolute atomic E-state index is 0.0625. The summed E-state index contributed by atoms with van der Waals surface area (Å²) in [5.74, 6) is -1.57. The number of aliphatic carboxylic acids is 1. The number of methoxy groups -OCH3 is 1. The molecule has 1 fully saturated rings. The summed E-state index contributed by atoms with van der Waals surface area (Å²) in [5, 5.41) is 19.0. The number of likely N-dealkylation sites (tertiary alicyclic amines) is 1. The highest BCUT2D eigenvalue weighted by molar-refractivity contribution is 5.99. The molecule has 1 aliphatic rings. The topological polar surface area (TPSA) is 87.1 Å². The van der Waals surface area contributed by atoms with E-state index in [0.29, 0.717) is 19.4 Å². The number of phenolic OH excluding ortho intramolecular Hbond substituents is 1. The van der Waals surface area contributed by atoms with Crippen molar-refractivity contribution in [3.05, 3.63) is 23.8 Å². The van der Waals surface area contributed by atoms with Gasteiger partial charge in [-0.25, -0.2) is 4.79 Å². The molecule has 1 heterocycles. The van der Waals surface area contributed by atoms with Crippen molar-refractivity contribution in [2.24, 2.45) is 0 Å². The van der Waals surface area contributed by atoms with E-state index in [0.717, 1.165) is 0 Å². The largest absolute Gasteiger partial charge is 0.504 e. The Hall–Kier alpha value is -2.24. The molecule has 0 bridgehead atoms. The Morgan fingerprint density at radius 1 is 1.42 bits per heavy atom. The molecule has 2 N–H and O–H groups in total. The Morgan fingerprint density at radius 2 is 2.16 bits per heavy atom. The van der Waals surface area contributed by atoms with Crippen molar-refractivity contribution in [2.45, 2.75) is 18.9 Å². The van der Waals surface area contributed by atoms with Gasteiger partial charge in [-0.05, 0) is 25.0 Å². The van der Waals surface area contributed by atoms with E-state index in [9.17, 15) is 14.7 Å². The van der Waals surface area contributed by atoms with Gasteiger partial charge in [0.2, 0.25) is 0 Å². The van der Waals surface area contributed by atoms with Crippen molar-refractivity contribution in [1.29, 1.82) is 0 Å². The van der Waals surface area contributed by atoms with Crippen molar-refractivity contribution in [3.63, 3.8) is 0 Å². The molecule has 0 radical (unpaired) electrons. The lowest BCUT2D eigenvalue weighted by molar-refractivity contribution is -0.141. The lowest BCUT2D eigenvalue weighted by atomic mass is 10.1. The van der Waals surface area contributed by atoms with Crippen LogP contribution < -0.4 is 4.74 Å². The lowest BCUT2D eigenvalue weighted by Crippen LogP contribution is -2.40. The monoisotopic (exact) mass is 265 g/mol. The number of carboxylic acid groups (broad SMARTS) is 1. The average Bonchev–Trinajstić information content (AvgIpc) is 2.87. The van der Waals surface area contributed by atoms with E-state index in [2.05, 4.69) is 0 Å². The second-order valence-electron chi connectivity index (χ2n) is 4.35. The molecule has 1 aromatic rings. The number of phenols is 1. The predicted molar refractivity (Wildman–Crippen MR) is 66.4 cm³/mol. The number of hydrogen-bond donors (Lipinski definition) is 2. The molecule has 0 aliphatic carbocycles. The first-order chi connectivity index (χ1) is 9.06. The van der Waals surface area contributed by atoms with Crippen LogP contribution in [0.2, 0.25) is 0 Å². The molecule has 1 amide bonds. The van der Waals surface area contributed by atoms with Crippen LogP contribution in [0.1, 0.15) is 23.2 Å². The maximum atomic E-state index is 12.3. The molecule has 0 unspecified atom stereocenters. The minimum atomic E-state index is -1.02. The van der Waals surface area contributed by atoms with Crippen LogP contribution in [-0.2, 0) is 4.79 Å². The predicted octanol–water partition coefficient (Wildman–Crippen LogP) is 1.09. The molecule has 0 spiro atoms. The van der Waals surface area contributed by atoms with Gasteiger partial charge in [0, 0.05) is 6.54 Å². The molecule has 1 aromatic carbocycles. The Morgan fingerprint density at radius 3 is 2.79 bits per heavy atom. The molecular weight excluding hydrogens is 250 g/mol. The molecule has 19 heavy (non-hydrogen) atoms. The van der Waals surface area contributed by atoms with Crippen LogP contribution >= 0.6 is 0 Å². The zero-order valence-corrected chi connectivity index (χ0v) is 10.5. The van der Waals surface area contributed by atoms with Crippen LogP contribution in [0.25, 0.3) is 0 Å². The first-order valence-corrected chi connectivity index (χ1v) is 5.96. The molecular formula is C13H15NO5. The van der Waals surface area contributed by atoms with E-state index in [1.807, 2.05) is 0 Å². The number of carbonyl (C=O) groups is 2. The van der Waals surface area contributed by atoms with Crippen molar-refractivity contribution in [2.75, 3.05) is 13.7 Å². The van der Waals surface area contributed by atoms with Gasteiger partial charge in [0.05, 0.1) is 12.7 Å². The Bertz CT molecular complexity index is 514. The van der Waals surface area contributed by atoms with Crippen molar-refractivity contribution in [3.8, 4) is 11.5 Å². The van der Waals surface area contributed by atoms with Crippen LogP contribution in [-0.4, -0.2) is 46.7 Å². The standard InChI is InChI=1S/C13H15NO5/c1-19-10-6-2-4-8(11(10)15)12(16)14-7-3-5-9(14)13(17)18/h2,4,6,9,15H,3,5,7H2,1H3,(H,17,18)/t9-/m1/s1. The van der Waals surface area contributed by atoms with Crippen molar-refractivity contribution >= 4 is 11.9 Å². The van der Waals surface area contributed by atoms with Gasteiger partial charge in [-0.2, -0.15) is 0 Å². The summed E-state index contributed by atoms with van der Waals surface area (Å²) in [6.07, 6.45) is 1.08. The van der Waals surface area contributed by atoms with E-state index in [4.69, 9.17) is 9.84 Å². The quantitative estimate of drug-likeness (QED) is 0.854. The van der Waals surface area contributed by atoms with E-state index in [-0.39, 0.29) is 17.1 Å². The number of carboxylic acids is 1. The van der Waals surface area contributed by atoms with E-state index < -0.39 is 17.9 Å². The summed E-state index contributed by atoms with van der Waals surface area (Å²) in [4.78, 5) is 24.6. The van der Waals surface area contributed by atoms with Gasteiger partial charge >= 0.3 is 5.97 Å². The zero-order valence-electron chi connectivity index (χ0n) is 10.5. The summed E-state index contributed by atoms with van der Waals surface area (Å²) in [6.45, 7) is 0.381. The maximum absolute atomic E-state index is 12.3. The normalized spacial score (nSPS) is 18.4. The first kappa shape index (κ1) is 13.2. The number of ether oxygens (including phenoxy) is 1. The summed E-state index contributed by atoms with van der Waals surface area (Å²) in [5.41, 5.74) is 0.0625. The number of para-hydroxylation sites is 1. The third kappa shape index (κ3) is 2.33. The second-order valence-corrected chi connectivity index (χ2v) is 4.35. The van der Waals surface area contributed by atoms with E-state index >= 15 is 0 Å². The number of hydrogen-bond acceptors (Lipinski definition) is 4. The lowest BCUT2D eigenvalue weighted by Gasteiger charge is -2.22. The van der Waals surface area contributed by atoms with E-state index in [1.165, 1.54) is 24.1 Å². The fraction of sp³-hybridized carbons (Fsp3) is 0.385. The number of amides is 1. The van der Waals surface area contributed by atoms with Crippen LogP contribution in [0.3, 0.4) is 0 Å². The molecule has 102 valence electrons. The highest BCUT2D eigenvalue weighted by Crippen LogP contribution is 2.31. The van der Waals surface area contributed by atoms with Crippen LogP contribution in [0.15, 0.2) is 18.2 Å². The van der Waals surface area contributed by atoms with Gasteiger partial charge in [0.25, 0.3) is 5.91 Å². The van der Waals surface area contributed by atoms with E-state index in [1.54, 1.807) is 6.07 Å². The van der Waals surface area contributed by atoms with Crippen molar-refractivity contribution in [1.82, 2.24) is 4.90 Å². The van der Waals surface area contributed by atoms with Crippen LogP contribution in [0, 0.1) is 0 Å². The number of benzene rings is 1. The third-order valence-corrected chi connectivity index (χ3v) is 3.25. The molecule has 0 aromatic heterocycles. The highest BCUT2D eigenvalue weighted by atomic mass is 16.5. The number of rotatable bonds is 3. The van der Waals surface area contributed by atoms with Crippen LogP contribution in [0.5, 0.6) is 11.5 Å². The molecule has 0 saturated carbocycles. The zero-order chi connectivity index (χ0) is 14.0. The minimum Gasteiger partial charge on any atom is -0.504 e. The number of carbonyl (C=O) groups excluding carboxylic acids is 1. The highest BCUT2D eigenvalue weighted by Gasteiger charge is 2.35. The van der Waals surface area contributed by atoms with Gasteiger partial charge in [-0.3, -0.25) is 4.79 Å². The Kier molecular flexibility index (Phi) is 3.59. The summed E-state index contributed by atoms with van der Waals surface area (Å²) in [7, 11) is 1.39. The second kappa shape index (κ2) is 5.17. The maximum Gasteiger partial charge on any atom is 0.326 e. The number of nitrogens with zero attached hydrogens (tertiary/aromatic N) is 1. The van der Waals surface area contributed by atoms with Gasteiger partial charge in [0.15, 0.2) is 11.5 Å². The van der Waals surface area contributed by atoms with Gasteiger partial charge in [0.1, 0.15) is 6.04 Å².